The molecular weight excluding hydrogens is 177 g/mol. The van der Waals surface area contributed by atoms with Crippen LogP contribution in [-0.4, -0.2) is 18.9 Å². The van der Waals surface area contributed by atoms with Crippen LogP contribution < -0.4 is 51.4 Å². The molecule has 0 bridgehead atoms. The Hall–Kier alpha value is 1.27. The average molecular weight is 195 g/mol. The van der Waals surface area contributed by atoms with Gasteiger partial charge >= 0.3 is 51.4 Å². The van der Waals surface area contributed by atoms with Crippen LogP contribution in [-0.2, 0) is 4.79 Å². The van der Waals surface area contributed by atoms with E-state index in [0.29, 0.717) is 11.7 Å². The summed E-state index contributed by atoms with van der Waals surface area (Å²) in [4.78, 5) is 10.6. The van der Waals surface area contributed by atoms with E-state index in [9.17, 15) is 4.79 Å². The summed E-state index contributed by atoms with van der Waals surface area (Å²) in [5.74, 6) is 0.875. The fourth-order valence-electron chi connectivity index (χ4n) is 1.21. The van der Waals surface area contributed by atoms with Crippen molar-refractivity contribution in [3.8, 4) is 0 Å². The molecule has 1 saturated heterocycles. The molecule has 0 N–H and O–H groups in total. The smallest absolute Gasteiger partial charge is 0.662 e. The van der Waals surface area contributed by atoms with Crippen LogP contribution in [0.5, 0.6) is 0 Å². The fourth-order valence-corrected chi connectivity index (χ4v) is 1.21. The molecule has 0 radical (unpaired) electrons. The summed E-state index contributed by atoms with van der Waals surface area (Å²) in [6, 6.07) is 0. The van der Waals surface area contributed by atoms with E-state index in [1.54, 1.807) is 6.92 Å². The van der Waals surface area contributed by atoms with Gasteiger partial charge in [0.15, 0.2) is 0 Å². The summed E-state index contributed by atoms with van der Waals surface area (Å²) in [5.41, 5.74) is 0. The van der Waals surface area contributed by atoms with Crippen molar-refractivity contribution in [2.75, 3.05) is 13.1 Å². The number of carbonyl (C=O) groups is 1. The molecule has 0 aliphatic carbocycles. The van der Waals surface area contributed by atoms with Crippen LogP contribution in [0.25, 0.3) is 5.32 Å². The maximum atomic E-state index is 10.6. The maximum absolute atomic E-state index is 10.6. The van der Waals surface area contributed by atoms with Crippen LogP contribution in [0, 0.1) is 5.92 Å². The normalized spacial score (nSPS) is 20.4. The van der Waals surface area contributed by atoms with E-state index in [0.717, 1.165) is 25.9 Å². The van der Waals surface area contributed by atoms with Gasteiger partial charge in [0, 0.05) is 6.42 Å². The zero-order valence-corrected chi connectivity index (χ0v) is 11.9. The molecule has 2 nitrogen and oxygen atoms in total. The Bertz CT molecular complexity index is 111. The van der Waals surface area contributed by atoms with Crippen molar-refractivity contribution in [3.63, 3.8) is 0 Å². The third-order valence-corrected chi connectivity index (χ3v) is 1.66. The quantitative estimate of drug-likeness (QED) is 0.541. The molecule has 1 rings (SSSR count). The molecule has 0 saturated carbocycles. The minimum atomic E-state index is 0. The predicted octanol–water partition coefficient (Wildman–Crippen LogP) is -0.611. The zero-order valence-electron chi connectivity index (χ0n) is 8.76. The first-order chi connectivity index (χ1) is 5.29. The molecule has 0 spiro atoms. The SMILES string of the molecule is CC.CC(=O)CC1CC[N-]C1.[K+]. The Morgan fingerprint density at radius 1 is 1.50 bits per heavy atom. The minimum Gasteiger partial charge on any atom is -0.662 e. The molecule has 12 heavy (non-hydrogen) atoms. The Kier molecular flexibility index (Phi) is 13.6. The van der Waals surface area contributed by atoms with E-state index in [4.69, 9.17) is 0 Å². The van der Waals surface area contributed by atoms with E-state index < -0.39 is 0 Å². The van der Waals surface area contributed by atoms with Gasteiger partial charge in [-0.05, 0) is 6.92 Å². The van der Waals surface area contributed by atoms with Gasteiger partial charge in [-0.15, -0.1) is 13.1 Å². The van der Waals surface area contributed by atoms with Gasteiger partial charge in [-0.3, -0.25) is 0 Å². The van der Waals surface area contributed by atoms with Crippen molar-refractivity contribution in [1.29, 1.82) is 0 Å². The monoisotopic (exact) mass is 195 g/mol. The number of hydrogen-bond acceptors (Lipinski definition) is 1. The zero-order chi connectivity index (χ0) is 8.69. The van der Waals surface area contributed by atoms with E-state index in [1.807, 2.05) is 13.8 Å². The third-order valence-electron chi connectivity index (χ3n) is 1.66. The van der Waals surface area contributed by atoms with Crippen LogP contribution in [0.4, 0.5) is 0 Å². The Labute approximate surface area is 118 Å². The minimum absolute atomic E-state index is 0. The first kappa shape index (κ1) is 15.7. The standard InChI is InChI=1S/C7H12NO.C2H6.K/c1-6(9)4-7-2-3-8-5-7;1-2;/h7H,2-5H2,1H3;1-2H3;/q-1;;+1. The molecular formula is C9H18KNO. The molecule has 1 atom stereocenters. The Morgan fingerprint density at radius 2 is 2.08 bits per heavy atom. The Morgan fingerprint density at radius 3 is 2.42 bits per heavy atom. The molecule has 1 aliphatic heterocycles. The van der Waals surface area contributed by atoms with Crippen LogP contribution in [0.1, 0.15) is 33.6 Å². The topological polar surface area (TPSA) is 31.2 Å². The van der Waals surface area contributed by atoms with Crippen LogP contribution in [0.3, 0.4) is 0 Å². The van der Waals surface area contributed by atoms with Gasteiger partial charge in [-0.1, -0.05) is 26.2 Å². The van der Waals surface area contributed by atoms with E-state index in [-0.39, 0.29) is 51.4 Å². The largest absolute Gasteiger partial charge is 1.00 e. The van der Waals surface area contributed by atoms with E-state index in [2.05, 4.69) is 5.32 Å². The molecule has 1 aliphatic rings. The molecule has 1 heterocycles. The maximum Gasteiger partial charge on any atom is 1.00 e. The summed E-state index contributed by atoms with van der Waals surface area (Å²) in [7, 11) is 0. The number of carbonyl (C=O) groups excluding carboxylic acids is 1. The van der Waals surface area contributed by atoms with Gasteiger partial charge in [0.1, 0.15) is 5.78 Å². The second kappa shape index (κ2) is 10.3. The number of rotatable bonds is 2. The first-order valence-corrected chi connectivity index (χ1v) is 4.41. The van der Waals surface area contributed by atoms with Gasteiger partial charge in [0.2, 0.25) is 0 Å². The van der Waals surface area contributed by atoms with Gasteiger partial charge in [0.05, 0.1) is 0 Å². The predicted molar refractivity (Wildman–Crippen MR) is 47.8 cm³/mol. The molecule has 0 aromatic rings. The fraction of sp³-hybridized carbons (Fsp3) is 0.889. The van der Waals surface area contributed by atoms with Gasteiger partial charge in [-0.25, -0.2) is 0 Å². The van der Waals surface area contributed by atoms with Crippen LogP contribution in [0.15, 0.2) is 0 Å². The van der Waals surface area contributed by atoms with Crippen molar-refractivity contribution in [2.24, 2.45) is 5.92 Å². The summed E-state index contributed by atoms with van der Waals surface area (Å²) < 4.78 is 0. The first-order valence-electron chi connectivity index (χ1n) is 4.41. The van der Waals surface area contributed by atoms with Crippen molar-refractivity contribution in [1.82, 2.24) is 0 Å². The Balaban J connectivity index is 0. The number of Topliss-reactive ketones (excluding diaryl/α,β-unsaturated/α-hetero) is 1. The summed E-state index contributed by atoms with van der Waals surface area (Å²) in [6.07, 6.45) is 1.86. The van der Waals surface area contributed by atoms with Crippen molar-refractivity contribution in [3.05, 3.63) is 5.32 Å². The van der Waals surface area contributed by atoms with Gasteiger partial charge in [-0.2, -0.15) is 0 Å². The van der Waals surface area contributed by atoms with E-state index >= 15 is 0 Å². The summed E-state index contributed by atoms with van der Waals surface area (Å²) in [5, 5.41) is 4.17. The number of nitrogens with zero attached hydrogens (tertiary/aromatic N) is 1. The van der Waals surface area contributed by atoms with Crippen LogP contribution in [0.2, 0.25) is 0 Å². The average Bonchev–Trinajstić information content (AvgIpc) is 2.43. The molecule has 1 unspecified atom stereocenters. The number of ketones is 1. The van der Waals surface area contributed by atoms with Crippen LogP contribution >= 0.6 is 0 Å². The second-order valence-corrected chi connectivity index (χ2v) is 2.69. The van der Waals surface area contributed by atoms with Crippen molar-refractivity contribution < 1.29 is 56.2 Å². The van der Waals surface area contributed by atoms with Gasteiger partial charge in [0.25, 0.3) is 0 Å². The second-order valence-electron chi connectivity index (χ2n) is 2.69. The number of hydrogen-bond donors (Lipinski definition) is 0. The van der Waals surface area contributed by atoms with Crippen molar-refractivity contribution in [2.45, 2.75) is 33.6 Å². The van der Waals surface area contributed by atoms with Crippen molar-refractivity contribution >= 4 is 5.78 Å². The summed E-state index contributed by atoms with van der Waals surface area (Å²) in [6.45, 7) is 7.54. The van der Waals surface area contributed by atoms with E-state index in [1.165, 1.54) is 0 Å². The molecule has 0 amide bonds. The molecule has 66 valence electrons. The summed E-state index contributed by atoms with van der Waals surface area (Å²) >= 11 is 0. The van der Waals surface area contributed by atoms with Gasteiger partial charge < -0.3 is 10.1 Å². The third kappa shape index (κ3) is 7.89. The molecule has 3 heteroatoms. The molecule has 0 aromatic heterocycles. The molecule has 1 fully saturated rings. The molecule has 0 aromatic carbocycles.